The van der Waals surface area contributed by atoms with Gasteiger partial charge in [-0.1, -0.05) is 24.3 Å². The largest absolute Gasteiger partial charge is 0.0614 e. The minimum atomic E-state index is 0.858. The SMILES string of the molecule is [CH2]Cc1c[c]ccc1. The summed E-state index contributed by atoms with van der Waals surface area (Å²) in [6, 6.07) is 10.8. The van der Waals surface area contributed by atoms with Crippen LogP contribution in [0.15, 0.2) is 24.3 Å². The summed E-state index contributed by atoms with van der Waals surface area (Å²) in [5.74, 6) is 0. The van der Waals surface area contributed by atoms with Crippen molar-refractivity contribution >= 4 is 0 Å². The van der Waals surface area contributed by atoms with Gasteiger partial charge in [-0.25, -0.2) is 0 Å². The minimum Gasteiger partial charge on any atom is -0.0614 e. The Kier molecular flexibility index (Phi) is 1.68. The van der Waals surface area contributed by atoms with Crippen LogP contribution in [0.1, 0.15) is 5.56 Å². The number of benzene rings is 1. The molecule has 0 nitrogen and oxygen atoms in total. The summed E-state index contributed by atoms with van der Waals surface area (Å²) in [6.45, 7) is 3.74. The first-order valence-electron chi connectivity index (χ1n) is 2.67. The molecule has 0 atom stereocenters. The molecule has 0 saturated carbocycles. The highest BCUT2D eigenvalue weighted by Gasteiger charge is 1.80. The van der Waals surface area contributed by atoms with Gasteiger partial charge in [0.2, 0.25) is 0 Å². The molecule has 0 saturated heterocycles. The average Bonchev–Trinajstić information content (AvgIpc) is 1.90. The van der Waals surface area contributed by atoms with Gasteiger partial charge in [-0.05, 0) is 25.0 Å². The van der Waals surface area contributed by atoms with Crippen LogP contribution in [0, 0.1) is 13.0 Å². The van der Waals surface area contributed by atoms with Gasteiger partial charge >= 0.3 is 0 Å². The predicted octanol–water partition coefficient (Wildman–Crippen LogP) is 1.86. The van der Waals surface area contributed by atoms with Gasteiger partial charge in [-0.3, -0.25) is 0 Å². The van der Waals surface area contributed by atoms with Gasteiger partial charge in [0.15, 0.2) is 0 Å². The normalized spacial score (nSPS) is 9.12. The van der Waals surface area contributed by atoms with E-state index in [2.05, 4.69) is 13.0 Å². The zero-order valence-corrected chi connectivity index (χ0v) is 4.72. The van der Waals surface area contributed by atoms with Crippen LogP contribution in [-0.4, -0.2) is 0 Å². The van der Waals surface area contributed by atoms with Crippen LogP contribution in [0.4, 0.5) is 0 Å². The van der Waals surface area contributed by atoms with E-state index in [1.807, 2.05) is 24.3 Å². The average molecular weight is 104 g/mol. The first-order valence-corrected chi connectivity index (χ1v) is 2.67. The van der Waals surface area contributed by atoms with Gasteiger partial charge in [-0.2, -0.15) is 0 Å². The van der Waals surface area contributed by atoms with Crippen molar-refractivity contribution in [3.8, 4) is 0 Å². The smallest absolute Gasteiger partial charge is 0.0181 e. The lowest BCUT2D eigenvalue weighted by molar-refractivity contribution is 1.27. The molecular formula is C8H8. The molecule has 40 valence electrons. The Labute approximate surface area is 50.2 Å². The summed E-state index contributed by atoms with van der Waals surface area (Å²) in [5.41, 5.74) is 1.24. The highest BCUT2D eigenvalue weighted by atomic mass is 13.9. The van der Waals surface area contributed by atoms with Crippen LogP contribution >= 0.6 is 0 Å². The molecule has 2 radical (unpaired) electrons. The molecule has 0 spiro atoms. The minimum absolute atomic E-state index is 0.858. The van der Waals surface area contributed by atoms with E-state index in [0.717, 1.165) is 6.42 Å². The van der Waals surface area contributed by atoms with Crippen LogP contribution in [0.5, 0.6) is 0 Å². The second kappa shape index (κ2) is 2.51. The Balaban J connectivity index is 2.83. The fraction of sp³-hybridized carbons (Fsp3) is 0.125. The molecule has 8 heavy (non-hydrogen) atoms. The van der Waals surface area contributed by atoms with Crippen molar-refractivity contribution in [3.05, 3.63) is 42.8 Å². The molecule has 0 amide bonds. The molecule has 0 unspecified atom stereocenters. The Morgan fingerprint density at radius 3 is 2.88 bits per heavy atom. The van der Waals surface area contributed by atoms with Gasteiger partial charge in [0.25, 0.3) is 0 Å². The number of hydrogen-bond acceptors (Lipinski definition) is 0. The second-order valence-corrected chi connectivity index (χ2v) is 1.66. The fourth-order valence-corrected chi connectivity index (χ4v) is 0.586. The summed E-state index contributed by atoms with van der Waals surface area (Å²) < 4.78 is 0. The van der Waals surface area contributed by atoms with E-state index in [1.54, 1.807) is 0 Å². The maximum atomic E-state index is 3.74. The summed E-state index contributed by atoms with van der Waals surface area (Å²) >= 11 is 0. The van der Waals surface area contributed by atoms with Crippen molar-refractivity contribution in [1.29, 1.82) is 0 Å². The molecule has 0 N–H and O–H groups in total. The Bertz CT molecular complexity index is 141. The standard InChI is InChI=1S/C8H8/c1-2-8-6-4-3-5-7-8/h3-4,6-7H,1-2H2. The summed E-state index contributed by atoms with van der Waals surface area (Å²) in [5, 5.41) is 0. The number of rotatable bonds is 1. The van der Waals surface area contributed by atoms with Crippen molar-refractivity contribution in [2.75, 3.05) is 0 Å². The Hall–Kier alpha value is -0.780. The summed E-state index contributed by atoms with van der Waals surface area (Å²) in [6.07, 6.45) is 0.858. The Morgan fingerprint density at radius 1 is 1.62 bits per heavy atom. The zero-order chi connectivity index (χ0) is 5.82. The highest BCUT2D eigenvalue weighted by molar-refractivity contribution is 5.13. The van der Waals surface area contributed by atoms with Crippen LogP contribution < -0.4 is 0 Å². The molecule has 0 aliphatic carbocycles. The van der Waals surface area contributed by atoms with E-state index in [1.165, 1.54) is 5.56 Å². The molecular weight excluding hydrogens is 96.1 g/mol. The van der Waals surface area contributed by atoms with Crippen molar-refractivity contribution < 1.29 is 0 Å². The first-order chi connectivity index (χ1) is 3.93. The van der Waals surface area contributed by atoms with Crippen LogP contribution in [0.3, 0.4) is 0 Å². The number of hydrogen-bond donors (Lipinski definition) is 0. The molecule has 1 aromatic rings. The van der Waals surface area contributed by atoms with E-state index >= 15 is 0 Å². The van der Waals surface area contributed by atoms with E-state index in [4.69, 9.17) is 0 Å². The zero-order valence-electron chi connectivity index (χ0n) is 4.72. The lowest BCUT2D eigenvalue weighted by Crippen LogP contribution is -1.74. The lowest BCUT2D eigenvalue weighted by Gasteiger charge is -1.89. The molecule has 0 aliphatic heterocycles. The third kappa shape index (κ3) is 1.09. The summed E-state index contributed by atoms with van der Waals surface area (Å²) in [4.78, 5) is 0. The van der Waals surface area contributed by atoms with Crippen molar-refractivity contribution in [2.24, 2.45) is 0 Å². The van der Waals surface area contributed by atoms with Crippen LogP contribution in [0.25, 0.3) is 0 Å². The molecule has 0 bridgehead atoms. The topological polar surface area (TPSA) is 0 Å². The van der Waals surface area contributed by atoms with Crippen LogP contribution in [-0.2, 0) is 6.42 Å². The van der Waals surface area contributed by atoms with Crippen LogP contribution in [0.2, 0.25) is 0 Å². The molecule has 1 aromatic carbocycles. The Morgan fingerprint density at radius 2 is 2.50 bits per heavy atom. The fourth-order valence-electron chi connectivity index (χ4n) is 0.586. The molecule has 0 aliphatic rings. The van der Waals surface area contributed by atoms with E-state index < -0.39 is 0 Å². The monoisotopic (exact) mass is 104 g/mol. The lowest BCUT2D eigenvalue weighted by atomic mass is 10.2. The third-order valence-corrected chi connectivity index (χ3v) is 1.06. The molecule has 0 heteroatoms. The van der Waals surface area contributed by atoms with Gasteiger partial charge in [0.1, 0.15) is 0 Å². The predicted molar refractivity (Wildman–Crippen MR) is 34.3 cm³/mol. The van der Waals surface area contributed by atoms with Gasteiger partial charge in [0, 0.05) is 0 Å². The maximum absolute atomic E-state index is 3.74. The second-order valence-electron chi connectivity index (χ2n) is 1.66. The molecule has 1 rings (SSSR count). The van der Waals surface area contributed by atoms with E-state index in [9.17, 15) is 0 Å². The van der Waals surface area contributed by atoms with Crippen molar-refractivity contribution in [1.82, 2.24) is 0 Å². The molecule has 0 fully saturated rings. The van der Waals surface area contributed by atoms with Gasteiger partial charge in [0.05, 0.1) is 0 Å². The highest BCUT2D eigenvalue weighted by Crippen LogP contribution is 1.95. The van der Waals surface area contributed by atoms with E-state index in [0.29, 0.717) is 0 Å². The molecule has 0 aromatic heterocycles. The van der Waals surface area contributed by atoms with E-state index in [-0.39, 0.29) is 0 Å². The first kappa shape index (κ1) is 5.36. The summed E-state index contributed by atoms with van der Waals surface area (Å²) in [7, 11) is 0. The van der Waals surface area contributed by atoms with Gasteiger partial charge in [-0.15, -0.1) is 0 Å². The maximum Gasteiger partial charge on any atom is -0.0181 e. The van der Waals surface area contributed by atoms with Crippen molar-refractivity contribution in [2.45, 2.75) is 6.42 Å². The third-order valence-electron chi connectivity index (χ3n) is 1.06. The quantitative estimate of drug-likeness (QED) is 0.510. The van der Waals surface area contributed by atoms with Gasteiger partial charge < -0.3 is 0 Å². The molecule has 0 heterocycles. The van der Waals surface area contributed by atoms with Crippen molar-refractivity contribution in [3.63, 3.8) is 0 Å².